The molecule has 0 heterocycles. The van der Waals surface area contributed by atoms with Gasteiger partial charge in [-0.3, -0.25) is 0 Å². The molecule has 0 saturated carbocycles. The predicted molar refractivity (Wildman–Crippen MR) is 73.3 cm³/mol. The highest BCUT2D eigenvalue weighted by Crippen LogP contribution is 2.27. The molecule has 0 aliphatic carbocycles. The Morgan fingerprint density at radius 3 is 2.44 bits per heavy atom. The minimum Gasteiger partial charge on any atom is -0.392 e. The first kappa shape index (κ1) is 13.4. The number of hydrogen-bond donors (Lipinski definition) is 1. The van der Waals surface area contributed by atoms with Crippen LogP contribution in [0.5, 0.6) is 0 Å². The van der Waals surface area contributed by atoms with E-state index in [9.17, 15) is 4.39 Å². The van der Waals surface area contributed by atoms with Crippen LogP contribution in [0.25, 0.3) is 0 Å². The van der Waals surface area contributed by atoms with Crippen LogP contribution in [0.3, 0.4) is 0 Å². The summed E-state index contributed by atoms with van der Waals surface area (Å²) >= 11 is 7.58. The van der Waals surface area contributed by atoms with Crippen LogP contribution in [-0.4, -0.2) is 5.11 Å². The molecule has 2 aromatic carbocycles. The van der Waals surface area contributed by atoms with E-state index in [0.717, 1.165) is 16.0 Å². The van der Waals surface area contributed by atoms with Crippen molar-refractivity contribution in [3.63, 3.8) is 0 Å². The number of aliphatic hydroxyl groups is 1. The molecule has 0 aliphatic rings. The molecule has 0 amide bonds. The van der Waals surface area contributed by atoms with E-state index in [-0.39, 0.29) is 12.4 Å². The average molecular weight is 283 g/mol. The molecule has 94 valence electrons. The average Bonchev–Trinajstić information content (AvgIpc) is 2.38. The van der Waals surface area contributed by atoms with E-state index >= 15 is 0 Å². The molecule has 0 saturated heterocycles. The van der Waals surface area contributed by atoms with Crippen molar-refractivity contribution in [2.75, 3.05) is 0 Å². The lowest BCUT2D eigenvalue weighted by Crippen LogP contribution is -1.85. The molecule has 0 atom stereocenters. The van der Waals surface area contributed by atoms with E-state index in [1.807, 2.05) is 24.3 Å². The zero-order valence-electron chi connectivity index (χ0n) is 9.57. The van der Waals surface area contributed by atoms with Gasteiger partial charge in [0.2, 0.25) is 0 Å². The van der Waals surface area contributed by atoms with Gasteiger partial charge in [-0.25, -0.2) is 4.39 Å². The predicted octanol–water partition coefficient (Wildman–Crippen LogP) is 4.26. The highest BCUT2D eigenvalue weighted by Gasteiger charge is 2.03. The molecule has 2 rings (SSSR count). The zero-order chi connectivity index (χ0) is 13.0. The molecular weight excluding hydrogens is 271 g/mol. The molecule has 2 aromatic rings. The van der Waals surface area contributed by atoms with Crippen LogP contribution in [0.1, 0.15) is 11.1 Å². The monoisotopic (exact) mass is 282 g/mol. The molecule has 1 N–H and O–H groups in total. The van der Waals surface area contributed by atoms with Gasteiger partial charge in [0.25, 0.3) is 0 Å². The van der Waals surface area contributed by atoms with Crippen LogP contribution in [0.4, 0.5) is 4.39 Å². The van der Waals surface area contributed by atoms with Gasteiger partial charge >= 0.3 is 0 Å². The molecule has 0 aliphatic heterocycles. The van der Waals surface area contributed by atoms with Crippen LogP contribution in [0, 0.1) is 5.82 Å². The SMILES string of the molecule is OCc1ccc(SCc2ccc(F)cc2Cl)cc1. The quantitative estimate of drug-likeness (QED) is 0.846. The third-order valence-corrected chi connectivity index (χ3v) is 3.93. The Balaban J connectivity index is 2.02. The summed E-state index contributed by atoms with van der Waals surface area (Å²) in [5.41, 5.74) is 1.80. The summed E-state index contributed by atoms with van der Waals surface area (Å²) in [6, 6.07) is 12.1. The minimum atomic E-state index is -0.318. The van der Waals surface area contributed by atoms with Crippen molar-refractivity contribution in [3.05, 3.63) is 64.4 Å². The van der Waals surface area contributed by atoms with Crippen molar-refractivity contribution in [2.45, 2.75) is 17.3 Å². The lowest BCUT2D eigenvalue weighted by atomic mass is 10.2. The van der Waals surface area contributed by atoms with Crippen LogP contribution in [-0.2, 0) is 12.4 Å². The summed E-state index contributed by atoms with van der Waals surface area (Å²) < 4.78 is 12.9. The number of benzene rings is 2. The summed E-state index contributed by atoms with van der Waals surface area (Å²) in [5.74, 6) is 0.374. The summed E-state index contributed by atoms with van der Waals surface area (Å²) in [7, 11) is 0. The van der Waals surface area contributed by atoms with Gasteiger partial charge in [-0.1, -0.05) is 29.8 Å². The largest absolute Gasteiger partial charge is 0.392 e. The van der Waals surface area contributed by atoms with Gasteiger partial charge in [0.05, 0.1) is 6.61 Å². The molecule has 0 bridgehead atoms. The van der Waals surface area contributed by atoms with Gasteiger partial charge in [0.1, 0.15) is 5.82 Å². The van der Waals surface area contributed by atoms with E-state index in [0.29, 0.717) is 10.8 Å². The molecule has 0 aromatic heterocycles. The van der Waals surface area contributed by atoms with Crippen LogP contribution >= 0.6 is 23.4 Å². The standard InChI is InChI=1S/C14H12ClFOS/c15-14-7-12(16)4-3-11(14)9-18-13-5-1-10(8-17)2-6-13/h1-7,17H,8-9H2. The summed E-state index contributed by atoms with van der Waals surface area (Å²) in [5, 5.41) is 9.39. The first-order valence-corrected chi connectivity index (χ1v) is 6.82. The number of hydrogen-bond acceptors (Lipinski definition) is 2. The van der Waals surface area contributed by atoms with Crippen molar-refractivity contribution in [1.29, 1.82) is 0 Å². The fourth-order valence-corrected chi connectivity index (χ4v) is 2.71. The minimum absolute atomic E-state index is 0.0503. The topological polar surface area (TPSA) is 20.2 Å². The van der Waals surface area contributed by atoms with Gasteiger partial charge in [-0.15, -0.1) is 11.8 Å². The second-order valence-electron chi connectivity index (χ2n) is 3.83. The van der Waals surface area contributed by atoms with Crippen LogP contribution in [0.2, 0.25) is 5.02 Å². The molecular formula is C14H12ClFOS. The Morgan fingerprint density at radius 2 is 1.83 bits per heavy atom. The first-order chi connectivity index (χ1) is 8.69. The highest BCUT2D eigenvalue weighted by molar-refractivity contribution is 7.98. The van der Waals surface area contributed by atoms with Gasteiger partial charge in [-0.2, -0.15) is 0 Å². The Morgan fingerprint density at radius 1 is 1.11 bits per heavy atom. The van der Waals surface area contributed by atoms with Gasteiger partial charge in [0, 0.05) is 15.7 Å². The first-order valence-electron chi connectivity index (χ1n) is 5.45. The van der Waals surface area contributed by atoms with Crippen molar-refractivity contribution in [1.82, 2.24) is 0 Å². The zero-order valence-corrected chi connectivity index (χ0v) is 11.1. The molecule has 0 unspecified atom stereocenters. The molecule has 0 spiro atoms. The van der Waals surface area contributed by atoms with E-state index in [1.54, 1.807) is 17.8 Å². The highest BCUT2D eigenvalue weighted by atomic mass is 35.5. The maximum absolute atomic E-state index is 12.9. The second kappa shape index (κ2) is 6.23. The molecule has 18 heavy (non-hydrogen) atoms. The lowest BCUT2D eigenvalue weighted by molar-refractivity contribution is 0.282. The molecule has 0 fully saturated rings. The summed E-state index contributed by atoms with van der Waals surface area (Å²) in [4.78, 5) is 1.09. The molecule has 4 heteroatoms. The summed E-state index contributed by atoms with van der Waals surface area (Å²) in [6.07, 6.45) is 0. The van der Waals surface area contributed by atoms with E-state index in [2.05, 4.69) is 0 Å². The van der Waals surface area contributed by atoms with E-state index in [4.69, 9.17) is 16.7 Å². The second-order valence-corrected chi connectivity index (χ2v) is 5.28. The summed E-state index contributed by atoms with van der Waals surface area (Å²) in [6.45, 7) is 0.0503. The Kier molecular flexibility index (Phi) is 4.64. The number of aliphatic hydroxyl groups excluding tert-OH is 1. The van der Waals surface area contributed by atoms with Crippen molar-refractivity contribution >= 4 is 23.4 Å². The fourth-order valence-electron chi connectivity index (χ4n) is 1.49. The smallest absolute Gasteiger partial charge is 0.124 e. The van der Waals surface area contributed by atoms with Gasteiger partial charge in [0.15, 0.2) is 0 Å². The van der Waals surface area contributed by atoms with Crippen LogP contribution < -0.4 is 0 Å². The third-order valence-electron chi connectivity index (χ3n) is 2.52. The third kappa shape index (κ3) is 3.48. The Bertz CT molecular complexity index is 528. The lowest BCUT2D eigenvalue weighted by Gasteiger charge is -2.05. The molecule has 0 radical (unpaired) electrons. The maximum atomic E-state index is 12.9. The van der Waals surface area contributed by atoms with E-state index < -0.39 is 0 Å². The maximum Gasteiger partial charge on any atom is 0.124 e. The molecule has 1 nitrogen and oxygen atoms in total. The Labute approximate surface area is 115 Å². The van der Waals surface area contributed by atoms with Gasteiger partial charge < -0.3 is 5.11 Å². The fraction of sp³-hybridized carbons (Fsp3) is 0.143. The van der Waals surface area contributed by atoms with Crippen LogP contribution in [0.15, 0.2) is 47.4 Å². The normalized spacial score (nSPS) is 10.6. The van der Waals surface area contributed by atoms with Crippen molar-refractivity contribution < 1.29 is 9.50 Å². The van der Waals surface area contributed by atoms with E-state index in [1.165, 1.54) is 12.1 Å². The van der Waals surface area contributed by atoms with Crippen molar-refractivity contribution in [3.8, 4) is 0 Å². The Hall–Kier alpha value is -1.03. The number of rotatable bonds is 4. The number of thioether (sulfide) groups is 1. The van der Waals surface area contributed by atoms with Crippen molar-refractivity contribution in [2.24, 2.45) is 0 Å². The number of halogens is 2. The van der Waals surface area contributed by atoms with Gasteiger partial charge in [-0.05, 0) is 35.4 Å².